The number of amides is 1. The Bertz CT molecular complexity index is 1010. The Hall–Kier alpha value is -3.11. The van der Waals surface area contributed by atoms with Crippen LogP contribution in [0.5, 0.6) is 0 Å². The molecule has 0 spiro atoms. The number of carbonyl (C=O) groups excluding carboxylic acids is 1. The minimum absolute atomic E-state index is 0.0753. The van der Waals surface area contributed by atoms with Crippen LogP contribution in [0.25, 0.3) is 0 Å². The van der Waals surface area contributed by atoms with Gasteiger partial charge in [-0.05, 0) is 34.7 Å². The Labute approximate surface area is 169 Å². The number of carbonyl (C=O) groups is 1. The molecule has 3 nitrogen and oxygen atoms in total. The molecule has 1 amide bonds. The van der Waals surface area contributed by atoms with Crippen molar-refractivity contribution in [3.8, 4) is 0 Å². The van der Waals surface area contributed by atoms with Gasteiger partial charge < -0.3 is 9.47 Å². The molecule has 0 aliphatic heterocycles. The molecule has 4 aromatic rings. The van der Waals surface area contributed by atoms with Crippen LogP contribution in [0.4, 0.5) is 0 Å². The van der Waals surface area contributed by atoms with Gasteiger partial charge in [-0.3, -0.25) is 4.79 Å². The fraction of sp³-hybridized carbons (Fsp3) is 0.125. The third kappa shape index (κ3) is 4.41. The Morgan fingerprint density at radius 1 is 0.786 bits per heavy atom. The van der Waals surface area contributed by atoms with E-state index in [4.69, 9.17) is 0 Å². The predicted octanol–water partition coefficient (Wildman–Crippen LogP) is 5.44. The van der Waals surface area contributed by atoms with Crippen molar-refractivity contribution in [2.75, 3.05) is 0 Å². The molecule has 0 saturated carbocycles. The third-order valence-corrected chi connectivity index (χ3v) is 5.57. The summed E-state index contributed by atoms with van der Waals surface area (Å²) in [6.45, 7) is 1.97. The van der Waals surface area contributed by atoms with E-state index in [9.17, 15) is 4.79 Å². The molecule has 0 bridgehead atoms. The van der Waals surface area contributed by atoms with Crippen molar-refractivity contribution in [1.29, 1.82) is 0 Å². The van der Waals surface area contributed by atoms with Crippen molar-refractivity contribution in [3.63, 3.8) is 0 Å². The lowest BCUT2D eigenvalue weighted by Gasteiger charge is -2.23. The van der Waals surface area contributed by atoms with Gasteiger partial charge in [0.25, 0.3) is 5.91 Å². The van der Waals surface area contributed by atoms with E-state index in [0.29, 0.717) is 13.1 Å². The molecule has 2 aromatic carbocycles. The van der Waals surface area contributed by atoms with Crippen LogP contribution in [0, 0.1) is 0 Å². The second-order valence-corrected chi connectivity index (χ2v) is 7.68. The van der Waals surface area contributed by atoms with Gasteiger partial charge >= 0.3 is 0 Å². The van der Waals surface area contributed by atoms with Gasteiger partial charge in [-0.2, -0.15) is 0 Å². The molecule has 140 valence electrons. The van der Waals surface area contributed by atoms with E-state index < -0.39 is 0 Å². The quantitative estimate of drug-likeness (QED) is 0.415. The van der Waals surface area contributed by atoms with Crippen LogP contribution in [0.3, 0.4) is 0 Å². The largest absolute Gasteiger partial charge is 0.345 e. The van der Waals surface area contributed by atoms with Crippen LogP contribution >= 0.6 is 11.3 Å². The van der Waals surface area contributed by atoms with Crippen molar-refractivity contribution in [2.24, 2.45) is 0 Å². The number of hydrogen-bond acceptors (Lipinski definition) is 2. The zero-order valence-electron chi connectivity index (χ0n) is 15.6. The molecule has 2 heterocycles. The maximum atomic E-state index is 13.1. The van der Waals surface area contributed by atoms with E-state index in [1.165, 1.54) is 16.9 Å². The van der Waals surface area contributed by atoms with E-state index in [2.05, 4.69) is 59.3 Å². The Kier molecular flexibility index (Phi) is 5.69. The van der Waals surface area contributed by atoms with Crippen LogP contribution in [0.15, 0.2) is 96.5 Å². The highest BCUT2D eigenvalue weighted by Crippen LogP contribution is 2.18. The van der Waals surface area contributed by atoms with Crippen molar-refractivity contribution in [1.82, 2.24) is 9.47 Å². The molecular formula is C24H22N2OS. The summed E-state index contributed by atoms with van der Waals surface area (Å²) in [5, 5.41) is 1.95. The first-order valence-electron chi connectivity index (χ1n) is 9.34. The van der Waals surface area contributed by atoms with Gasteiger partial charge in [0.2, 0.25) is 0 Å². The fourth-order valence-corrected chi connectivity index (χ4v) is 3.97. The second kappa shape index (κ2) is 8.72. The van der Waals surface area contributed by atoms with Crippen LogP contribution in [-0.2, 0) is 19.6 Å². The summed E-state index contributed by atoms with van der Waals surface area (Å²) in [6.07, 6.45) is 2.08. The Morgan fingerprint density at radius 2 is 1.50 bits per heavy atom. The summed E-state index contributed by atoms with van der Waals surface area (Å²) in [7, 11) is 0. The van der Waals surface area contributed by atoms with Gasteiger partial charge in [0.1, 0.15) is 0 Å². The van der Waals surface area contributed by atoms with Crippen LogP contribution < -0.4 is 0 Å². The molecule has 2 aromatic heterocycles. The highest BCUT2D eigenvalue weighted by atomic mass is 32.1. The standard InChI is InChI=1S/C24H22N2OS/c27-24(23-14-8-16-28-23)26(18-21-11-5-2-6-12-21)19-22-13-7-15-25(22)17-20-9-3-1-4-10-20/h1-16H,17-19H2. The summed E-state index contributed by atoms with van der Waals surface area (Å²) < 4.78 is 2.22. The van der Waals surface area contributed by atoms with Gasteiger partial charge in [-0.25, -0.2) is 0 Å². The molecular weight excluding hydrogens is 364 g/mol. The smallest absolute Gasteiger partial charge is 0.264 e. The van der Waals surface area contributed by atoms with E-state index in [1.54, 1.807) is 0 Å². The predicted molar refractivity (Wildman–Crippen MR) is 114 cm³/mol. The number of thiophene rings is 1. The van der Waals surface area contributed by atoms with Crippen molar-refractivity contribution in [3.05, 3.63) is 118 Å². The molecule has 0 atom stereocenters. The number of nitrogens with zero attached hydrogens (tertiary/aromatic N) is 2. The minimum Gasteiger partial charge on any atom is -0.345 e. The van der Waals surface area contributed by atoms with Crippen molar-refractivity contribution in [2.45, 2.75) is 19.6 Å². The van der Waals surface area contributed by atoms with E-state index in [1.807, 2.05) is 46.7 Å². The van der Waals surface area contributed by atoms with Gasteiger partial charge in [-0.15, -0.1) is 11.3 Å². The first kappa shape index (κ1) is 18.3. The second-order valence-electron chi connectivity index (χ2n) is 6.74. The maximum absolute atomic E-state index is 13.1. The van der Waals surface area contributed by atoms with Gasteiger partial charge in [0.15, 0.2) is 0 Å². The van der Waals surface area contributed by atoms with Gasteiger partial charge in [-0.1, -0.05) is 66.7 Å². The molecule has 0 fully saturated rings. The monoisotopic (exact) mass is 386 g/mol. The van der Waals surface area contributed by atoms with Crippen LogP contribution in [0.2, 0.25) is 0 Å². The topological polar surface area (TPSA) is 25.2 Å². The third-order valence-electron chi connectivity index (χ3n) is 4.71. The zero-order valence-corrected chi connectivity index (χ0v) is 16.4. The van der Waals surface area contributed by atoms with Crippen LogP contribution in [-0.4, -0.2) is 15.4 Å². The lowest BCUT2D eigenvalue weighted by molar-refractivity contribution is 0.0731. The number of rotatable bonds is 7. The molecule has 0 radical (unpaired) electrons. The molecule has 4 heteroatoms. The molecule has 0 aliphatic carbocycles. The SMILES string of the molecule is O=C(c1cccs1)N(Cc1ccccc1)Cc1cccn1Cc1ccccc1. The Balaban J connectivity index is 1.57. The van der Waals surface area contributed by atoms with Crippen molar-refractivity contribution < 1.29 is 4.79 Å². The highest BCUT2D eigenvalue weighted by molar-refractivity contribution is 7.12. The summed E-state index contributed by atoms with van der Waals surface area (Å²) >= 11 is 1.49. The summed E-state index contributed by atoms with van der Waals surface area (Å²) in [6, 6.07) is 28.5. The normalized spacial score (nSPS) is 10.7. The minimum atomic E-state index is 0.0753. The van der Waals surface area contributed by atoms with E-state index >= 15 is 0 Å². The van der Waals surface area contributed by atoms with E-state index in [-0.39, 0.29) is 5.91 Å². The fourth-order valence-electron chi connectivity index (χ4n) is 3.28. The van der Waals surface area contributed by atoms with Gasteiger partial charge in [0.05, 0.1) is 11.4 Å². The zero-order chi connectivity index (χ0) is 19.2. The summed E-state index contributed by atoms with van der Waals surface area (Å²) in [5.41, 5.74) is 3.51. The van der Waals surface area contributed by atoms with Crippen molar-refractivity contribution >= 4 is 17.2 Å². The molecule has 0 unspecified atom stereocenters. The average molecular weight is 387 g/mol. The highest BCUT2D eigenvalue weighted by Gasteiger charge is 2.19. The number of hydrogen-bond donors (Lipinski definition) is 0. The maximum Gasteiger partial charge on any atom is 0.264 e. The Morgan fingerprint density at radius 3 is 2.18 bits per heavy atom. The lowest BCUT2D eigenvalue weighted by atomic mass is 10.2. The van der Waals surface area contributed by atoms with Crippen LogP contribution in [0.1, 0.15) is 26.5 Å². The average Bonchev–Trinajstić information content (AvgIpc) is 3.41. The molecule has 4 rings (SSSR count). The first-order chi connectivity index (χ1) is 13.8. The number of benzene rings is 2. The van der Waals surface area contributed by atoms with Gasteiger partial charge in [0, 0.05) is 25.0 Å². The molecule has 0 N–H and O–H groups in total. The summed E-state index contributed by atoms with van der Waals surface area (Å²) in [5.74, 6) is 0.0753. The van der Waals surface area contributed by atoms with E-state index in [0.717, 1.165) is 22.7 Å². The molecule has 0 aliphatic rings. The number of aromatic nitrogens is 1. The molecule has 0 saturated heterocycles. The molecule has 28 heavy (non-hydrogen) atoms. The first-order valence-corrected chi connectivity index (χ1v) is 10.2. The lowest BCUT2D eigenvalue weighted by Crippen LogP contribution is -2.30. The summed E-state index contributed by atoms with van der Waals surface area (Å²) in [4.78, 5) is 15.8.